The van der Waals surface area contributed by atoms with E-state index in [2.05, 4.69) is 5.32 Å². The van der Waals surface area contributed by atoms with Crippen molar-refractivity contribution in [3.63, 3.8) is 0 Å². The van der Waals surface area contributed by atoms with Crippen molar-refractivity contribution in [1.29, 1.82) is 0 Å². The van der Waals surface area contributed by atoms with Crippen LogP contribution in [0.15, 0.2) is 72.8 Å². The fourth-order valence-corrected chi connectivity index (χ4v) is 4.67. The molecule has 0 saturated carbocycles. The quantitative estimate of drug-likeness (QED) is 0.543. The van der Waals surface area contributed by atoms with Gasteiger partial charge in [0.15, 0.2) is 0 Å². The van der Waals surface area contributed by atoms with Crippen LogP contribution in [0, 0.1) is 0 Å². The van der Waals surface area contributed by atoms with Gasteiger partial charge in [0, 0.05) is 16.9 Å². The van der Waals surface area contributed by atoms with E-state index in [0.717, 1.165) is 17.0 Å². The van der Waals surface area contributed by atoms with Crippen LogP contribution in [0.2, 0.25) is 0 Å². The van der Waals surface area contributed by atoms with E-state index in [4.69, 9.17) is 9.47 Å². The van der Waals surface area contributed by atoms with Crippen LogP contribution in [0.5, 0.6) is 11.5 Å². The number of hydrogen-bond acceptors (Lipinski definition) is 5. The van der Waals surface area contributed by atoms with Gasteiger partial charge in [0.05, 0.1) is 19.5 Å². The van der Waals surface area contributed by atoms with Gasteiger partial charge in [-0.3, -0.25) is 14.5 Å². The third-order valence-corrected chi connectivity index (χ3v) is 6.31. The van der Waals surface area contributed by atoms with Crippen molar-refractivity contribution in [2.24, 2.45) is 0 Å². The fraction of sp³-hybridized carbons (Fsp3) is 0.200. The van der Waals surface area contributed by atoms with Gasteiger partial charge < -0.3 is 14.8 Å². The number of anilines is 2. The molecule has 3 aromatic rings. The number of ether oxygens (including phenoxy) is 2. The number of nitrogens with zero attached hydrogens (tertiary/aromatic N) is 1. The summed E-state index contributed by atoms with van der Waals surface area (Å²) in [7, 11) is 1.59. The Hall–Kier alpha value is -3.45. The first-order valence-electron chi connectivity index (χ1n) is 10.3. The van der Waals surface area contributed by atoms with Gasteiger partial charge in [-0.2, -0.15) is 0 Å². The standard InChI is InChI=1S/C25H24N2O4S/c1-3-31-22-14-10-20(11-15-22)27-23(28)16-32-25(27)18-4-8-19(9-5-18)26-24(29)17-6-12-21(30-2)13-7-17/h4-15,25H,3,16H2,1-2H3,(H,26,29)/t25-/m1/s1. The van der Waals surface area contributed by atoms with E-state index < -0.39 is 0 Å². The molecule has 6 nitrogen and oxygen atoms in total. The fourth-order valence-electron chi connectivity index (χ4n) is 3.50. The first-order chi connectivity index (χ1) is 15.6. The molecule has 0 aliphatic carbocycles. The Bertz CT molecular complexity index is 1080. The Morgan fingerprint density at radius 1 is 1.00 bits per heavy atom. The molecule has 1 heterocycles. The third kappa shape index (κ3) is 4.73. The van der Waals surface area contributed by atoms with Crippen LogP contribution >= 0.6 is 11.8 Å². The van der Waals surface area contributed by atoms with Gasteiger partial charge in [-0.05, 0) is 73.2 Å². The van der Waals surface area contributed by atoms with Gasteiger partial charge in [0.1, 0.15) is 16.9 Å². The lowest BCUT2D eigenvalue weighted by Gasteiger charge is -2.24. The second kappa shape index (κ2) is 9.78. The number of amides is 2. The van der Waals surface area contributed by atoms with E-state index in [1.54, 1.807) is 43.1 Å². The van der Waals surface area contributed by atoms with Crippen LogP contribution in [0.4, 0.5) is 11.4 Å². The number of rotatable bonds is 7. The molecule has 1 saturated heterocycles. The summed E-state index contributed by atoms with van der Waals surface area (Å²) >= 11 is 1.59. The van der Waals surface area contributed by atoms with Crippen LogP contribution in [-0.2, 0) is 4.79 Å². The number of thioether (sulfide) groups is 1. The van der Waals surface area contributed by atoms with Crippen LogP contribution in [-0.4, -0.2) is 31.3 Å². The van der Waals surface area contributed by atoms with Crippen molar-refractivity contribution >= 4 is 35.0 Å². The smallest absolute Gasteiger partial charge is 0.255 e. The lowest BCUT2D eigenvalue weighted by atomic mass is 10.1. The van der Waals surface area contributed by atoms with Gasteiger partial charge in [0.25, 0.3) is 5.91 Å². The molecule has 0 bridgehead atoms. The summed E-state index contributed by atoms with van der Waals surface area (Å²) in [6.07, 6.45) is 0. The normalized spacial score (nSPS) is 15.5. The number of carbonyl (C=O) groups is 2. The molecule has 32 heavy (non-hydrogen) atoms. The lowest BCUT2D eigenvalue weighted by Crippen LogP contribution is -2.27. The largest absolute Gasteiger partial charge is 0.497 e. The predicted octanol–water partition coefficient (Wildman–Crippen LogP) is 5.12. The molecule has 7 heteroatoms. The van der Waals surface area contributed by atoms with E-state index in [0.29, 0.717) is 29.4 Å². The molecule has 0 radical (unpaired) electrons. The maximum atomic E-state index is 12.6. The number of nitrogens with one attached hydrogen (secondary N) is 1. The highest BCUT2D eigenvalue weighted by Crippen LogP contribution is 2.42. The lowest BCUT2D eigenvalue weighted by molar-refractivity contribution is -0.115. The van der Waals surface area contributed by atoms with Crippen LogP contribution in [0.25, 0.3) is 0 Å². The van der Waals surface area contributed by atoms with E-state index in [9.17, 15) is 9.59 Å². The number of hydrogen-bond donors (Lipinski definition) is 1. The van der Waals surface area contributed by atoms with E-state index in [1.165, 1.54) is 0 Å². The zero-order valence-electron chi connectivity index (χ0n) is 17.9. The van der Waals surface area contributed by atoms with E-state index in [-0.39, 0.29) is 17.2 Å². The summed E-state index contributed by atoms with van der Waals surface area (Å²) in [4.78, 5) is 26.9. The number of methoxy groups -OCH3 is 1. The monoisotopic (exact) mass is 448 g/mol. The molecule has 0 spiro atoms. The molecule has 1 N–H and O–H groups in total. The third-order valence-electron chi connectivity index (χ3n) is 5.10. The highest BCUT2D eigenvalue weighted by molar-refractivity contribution is 8.00. The summed E-state index contributed by atoms with van der Waals surface area (Å²) < 4.78 is 10.6. The number of carbonyl (C=O) groups excluding carboxylic acids is 2. The zero-order chi connectivity index (χ0) is 22.5. The Morgan fingerprint density at radius 2 is 1.66 bits per heavy atom. The SMILES string of the molecule is CCOc1ccc(N2C(=O)CS[C@@H]2c2ccc(NC(=O)c3ccc(OC)cc3)cc2)cc1. The van der Waals surface area contributed by atoms with Gasteiger partial charge in [-0.15, -0.1) is 11.8 Å². The van der Waals surface area contributed by atoms with Crippen LogP contribution < -0.4 is 19.7 Å². The average Bonchev–Trinajstić information content (AvgIpc) is 3.21. The Kier molecular flexibility index (Phi) is 6.66. The second-order valence-corrected chi connectivity index (χ2v) is 8.23. The zero-order valence-corrected chi connectivity index (χ0v) is 18.7. The van der Waals surface area contributed by atoms with Gasteiger partial charge >= 0.3 is 0 Å². The molecule has 0 unspecified atom stereocenters. The molecule has 2 amide bonds. The first kappa shape index (κ1) is 21.8. The molecule has 1 atom stereocenters. The van der Waals surface area contributed by atoms with E-state index in [1.807, 2.05) is 60.4 Å². The van der Waals surface area contributed by atoms with Crippen molar-refractivity contribution in [2.45, 2.75) is 12.3 Å². The van der Waals surface area contributed by atoms with Crippen LogP contribution in [0.3, 0.4) is 0 Å². The Labute approximate surface area is 191 Å². The maximum absolute atomic E-state index is 12.6. The van der Waals surface area contributed by atoms with Crippen molar-refractivity contribution in [1.82, 2.24) is 0 Å². The van der Waals surface area contributed by atoms with Crippen molar-refractivity contribution in [3.8, 4) is 11.5 Å². The minimum Gasteiger partial charge on any atom is -0.497 e. The molecule has 1 aliphatic rings. The molecule has 1 aliphatic heterocycles. The van der Waals surface area contributed by atoms with E-state index >= 15 is 0 Å². The highest BCUT2D eigenvalue weighted by atomic mass is 32.2. The molecule has 164 valence electrons. The molecular weight excluding hydrogens is 424 g/mol. The maximum Gasteiger partial charge on any atom is 0.255 e. The number of benzene rings is 3. The van der Waals surface area contributed by atoms with Crippen LogP contribution in [0.1, 0.15) is 28.2 Å². The van der Waals surface area contributed by atoms with Crippen molar-refractivity contribution < 1.29 is 19.1 Å². The van der Waals surface area contributed by atoms with Crippen molar-refractivity contribution in [2.75, 3.05) is 29.7 Å². The minimum absolute atomic E-state index is 0.0704. The van der Waals surface area contributed by atoms with Gasteiger partial charge in [0.2, 0.25) is 5.91 Å². The molecule has 4 rings (SSSR count). The first-order valence-corrected chi connectivity index (χ1v) is 11.4. The Morgan fingerprint density at radius 3 is 2.28 bits per heavy atom. The summed E-state index contributed by atoms with van der Waals surface area (Å²) in [6, 6.07) is 22.1. The summed E-state index contributed by atoms with van der Waals surface area (Å²) in [5.74, 6) is 1.78. The minimum atomic E-state index is -0.193. The Balaban J connectivity index is 1.47. The predicted molar refractivity (Wildman–Crippen MR) is 128 cm³/mol. The topological polar surface area (TPSA) is 67.9 Å². The summed E-state index contributed by atoms with van der Waals surface area (Å²) in [5, 5.41) is 2.78. The highest BCUT2D eigenvalue weighted by Gasteiger charge is 2.34. The average molecular weight is 449 g/mol. The van der Waals surface area contributed by atoms with Crippen molar-refractivity contribution in [3.05, 3.63) is 83.9 Å². The summed E-state index contributed by atoms with van der Waals surface area (Å²) in [5.41, 5.74) is 3.08. The molecule has 1 fully saturated rings. The summed E-state index contributed by atoms with van der Waals surface area (Å²) in [6.45, 7) is 2.54. The molecule has 0 aromatic heterocycles. The van der Waals surface area contributed by atoms with Gasteiger partial charge in [-0.1, -0.05) is 12.1 Å². The molecule has 3 aromatic carbocycles. The molecular formula is C25H24N2O4S. The second-order valence-electron chi connectivity index (χ2n) is 7.16. The van der Waals surface area contributed by atoms with Gasteiger partial charge in [-0.25, -0.2) is 0 Å².